The molecule has 0 aliphatic rings. The Morgan fingerprint density at radius 3 is 2.58 bits per heavy atom. The molecule has 198 valence electrons. The largest absolute Gasteiger partial charge is 0.483 e. The molecule has 0 saturated heterocycles. The summed E-state index contributed by atoms with van der Waals surface area (Å²) in [5, 5.41) is 14.9. The number of aromatic nitrogens is 3. The Hall–Kier alpha value is -3.34. The van der Waals surface area contributed by atoms with Gasteiger partial charge in [-0.05, 0) is 50.1 Å². The van der Waals surface area contributed by atoms with Crippen molar-refractivity contribution in [1.82, 2.24) is 14.8 Å². The van der Waals surface area contributed by atoms with Crippen LogP contribution >= 0.6 is 34.7 Å². The van der Waals surface area contributed by atoms with Gasteiger partial charge in [-0.2, -0.15) is 0 Å². The topological polar surface area (TPSA) is 95.3 Å². The van der Waals surface area contributed by atoms with Gasteiger partial charge in [0.2, 0.25) is 5.91 Å². The van der Waals surface area contributed by atoms with Crippen LogP contribution in [0.1, 0.15) is 40.3 Å². The first kappa shape index (κ1) is 27.7. The number of anilines is 1. The molecule has 38 heavy (non-hydrogen) atoms. The quantitative estimate of drug-likeness (QED) is 0.182. The van der Waals surface area contributed by atoms with E-state index in [4.69, 9.17) is 21.1 Å². The van der Waals surface area contributed by atoms with Crippen molar-refractivity contribution in [2.75, 3.05) is 18.2 Å². The molecule has 4 rings (SSSR count). The number of amides is 1. The predicted octanol–water partition coefficient (Wildman–Crippen LogP) is 6.47. The SMILES string of the molecule is COC(=O)c1c(-c2ccc(C)cc2)csc1NC(=O)CSc1nnc(C(C)Oc2ccc(Cl)c(C)c2)n1C. The summed E-state index contributed by atoms with van der Waals surface area (Å²) in [6.45, 7) is 5.79. The zero-order valence-corrected chi connectivity index (χ0v) is 24.0. The molecule has 0 spiro atoms. The van der Waals surface area contributed by atoms with E-state index in [0.29, 0.717) is 37.9 Å². The van der Waals surface area contributed by atoms with Gasteiger partial charge in [-0.15, -0.1) is 21.5 Å². The molecule has 1 unspecified atom stereocenters. The molecule has 8 nitrogen and oxygen atoms in total. The van der Waals surface area contributed by atoms with E-state index in [1.807, 2.05) is 63.5 Å². The molecule has 0 saturated carbocycles. The van der Waals surface area contributed by atoms with Gasteiger partial charge in [-0.1, -0.05) is 53.2 Å². The Bertz CT molecular complexity index is 1470. The molecular weight excluding hydrogens is 544 g/mol. The maximum absolute atomic E-state index is 12.8. The summed E-state index contributed by atoms with van der Waals surface area (Å²) in [6.07, 6.45) is -0.370. The number of esters is 1. The number of halogens is 1. The Balaban J connectivity index is 1.42. The lowest BCUT2D eigenvalue weighted by molar-refractivity contribution is -0.113. The smallest absolute Gasteiger partial charge is 0.341 e. The molecule has 0 aliphatic heterocycles. The highest BCUT2D eigenvalue weighted by atomic mass is 35.5. The van der Waals surface area contributed by atoms with Gasteiger partial charge >= 0.3 is 5.97 Å². The Labute approximate surface area is 234 Å². The number of thiophene rings is 1. The van der Waals surface area contributed by atoms with Crippen LogP contribution in [0, 0.1) is 13.8 Å². The summed E-state index contributed by atoms with van der Waals surface area (Å²) in [4.78, 5) is 25.4. The molecule has 0 bridgehead atoms. The van der Waals surface area contributed by atoms with Gasteiger partial charge in [0.25, 0.3) is 0 Å². The van der Waals surface area contributed by atoms with E-state index in [-0.39, 0.29) is 17.8 Å². The predicted molar refractivity (Wildman–Crippen MR) is 151 cm³/mol. The van der Waals surface area contributed by atoms with Crippen LogP contribution in [-0.2, 0) is 16.6 Å². The third kappa shape index (κ3) is 6.20. The number of nitrogens with zero attached hydrogens (tertiary/aromatic N) is 3. The lowest BCUT2D eigenvalue weighted by Crippen LogP contribution is -2.16. The first-order valence-electron chi connectivity index (χ1n) is 11.7. The molecule has 2 aromatic carbocycles. The zero-order valence-electron chi connectivity index (χ0n) is 21.6. The van der Waals surface area contributed by atoms with Crippen LogP contribution in [0.25, 0.3) is 11.1 Å². The van der Waals surface area contributed by atoms with Gasteiger partial charge in [-0.3, -0.25) is 4.79 Å². The second-order valence-corrected chi connectivity index (χ2v) is 10.8. The number of benzene rings is 2. The fourth-order valence-electron chi connectivity index (χ4n) is 3.75. The van der Waals surface area contributed by atoms with Gasteiger partial charge in [0, 0.05) is 23.0 Å². The van der Waals surface area contributed by atoms with Crippen LogP contribution in [0.3, 0.4) is 0 Å². The van der Waals surface area contributed by atoms with E-state index < -0.39 is 5.97 Å². The zero-order chi connectivity index (χ0) is 27.4. The van der Waals surface area contributed by atoms with E-state index >= 15 is 0 Å². The summed E-state index contributed by atoms with van der Waals surface area (Å²) in [5.41, 5.74) is 3.96. The molecule has 0 radical (unpaired) electrons. The van der Waals surface area contributed by atoms with Crippen LogP contribution in [0.15, 0.2) is 53.0 Å². The average molecular weight is 571 g/mol. The molecule has 2 heterocycles. The highest BCUT2D eigenvalue weighted by Gasteiger charge is 2.23. The number of hydrogen-bond donors (Lipinski definition) is 1. The minimum absolute atomic E-state index is 0.0793. The summed E-state index contributed by atoms with van der Waals surface area (Å²) >= 11 is 8.62. The third-order valence-corrected chi connectivity index (χ3v) is 8.14. The molecule has 2 aromatic heterocycles. The normalized spacial score (nSPS) is 11.7. The summed E-state index contributed by atoms with van der Waals surface area (Å²) in [5.74, 6) is 0.596. The molecule has 4 aromatic rings. The summed E-state index contributed by atoms with van der Waals surface area (Å²) in [7, 11) is 3.15. The van der Waals surface area contributed by atoms with Crippen molar-refractivity contribution in [3.63, 3.8) is 0 Å². The van der Waals surface area contributed by atoms with Crippen LogP contribution in [-0.4, -0.2) is 39.5 Å². The van der Waals surface area contributed by atoms with Crippen molar-refractivity contribution in [3.05, 3.63) is 75.4 Å². The highest BCUT2D eigenvalue weighted by molar-refractivity contribution is 7.99. The Morgan fingerprint density at radius 2 is 1.89 bits per heavy atom. The lowest BCUT2D eigenvalue weighted by Gasteiger charge is -2.15. The molecule has 1 N–H and O–H groups in total. The Morgan fingerprint density at radius 1 is 1.16 bits per heavy atom. The molecule has 11 heteroatoms. The number of rotatable bonds is 9. The first-order valence-corrected chi connectivity index (χ1v) is 13.9. The first-order chi connectivity index (χ1) is 18.2. The fraction of sp³-hybridized carbons (Fsp3) is 0.259. The molecular formula is C27H27ClN4O4S2. The molecule has 0 fully saturated rings. The number of carbonyl (C=O) groups is 2. The van der Waals surface area contributed by atoms with E-state index in [1.165, 1.54) is 30.2 Å². The van der Waals surface area contributed by atoms with Crippen molar-refractivity contribution in [1.29, 1.82) is 0 Å². The van der Waals surface area contributed by atoms with Gasteiger partial charge < -0.3 is 19.4 Å². The second kappa shape index (κ2) is 12.0. The van der Waals surface area contributed by atoms with Gasteiger partial charge in [-0.25, -0.2) is 4.79 Å². The van der Waals surface area contributed by atoms with Crippen molar-refractivity contribution in [2.45, 2.75) is 32.0 Å². The van der Waals surface area contributed by atoms with E-state index in [0.717, 1.165) is 16.7 Å². The third-order valence-electron chi connectivity index (χ3n) is 5.80. The van der Waals surface area contributed by atoms with Crippen molar-refractivity contribution < 1.29 is 19.1 Å². The van der Waals surface area contributed by atoms with Crippen molar-refractivity contribution >= 4 is 51.6 Å². The number of methoxy groups -OCH3 is 1. The second-order valence-electron chi connectivity index (χ2n) is 8.62. The van der Waals surface area contributed by atoms with Crippen LogP contribution in [0.5, 0.6) is 5.75 Å². The molecule has 0 aliphatic carbocycles. The molecule has 1 amide bonds. The molecule has 1 atom stereocenters. The van der Waals surface area contributed by atoms with E-state index in [2.05, 4.69) is 15.5 Å². The monoisotopic (exact) mass is 570 g/mol. The number of nitrogens with one attached hydrogen (secondary N) is 1. The number of thioether (sulfide) groups is 1. The standard InChI is InChI=1S/C27H27ClN4O4S2/c1-15-6-8-18(9-7-15)20-13-37-25(23(20)26(34)35-5)29-22(33)14-38-27-31-30-24(32(27)4)17(3)36-19-10-11-21(28)16(2)12-19/h6-13,17H,14H2,1-5H3,(H,29,33). The number of carbonyl (C=O) groups excluding carboxylic acids is 2. The maximum Gasteiger partial charge on any atom is 0.341 e. The van der Waals surface area contributed by atoms with Crippen LogP contribution < -0.4 is 10.1 Å². The van der Waals surface area contributed by atoms with E-state index in [1.54, 1.807) is 16.7 Å². The maximum atomic E-state index is 12.8. The van der Waals surface area contributed by atoms with Gasteiger partial charge in [0.05, 0.1) is 12.9 Å². The van der Waals surface area contributed by atoms with Gasteiger partial charge in [0.15, 0.2) is 17.1 Å². The van der Waals surface area contributed by atoms with Gasteiger partial charge in [0.1, 0.15) is 16.3 Å². The van der Waals surface area contributed by atoms with Crippen molar-refractivity contribution in [3.8, 4) is 16.9 Å². The van der Waals surface area contributed by atoms with Crippen LogP contribution in [0.2, 0.25) is 5.02 Å². The van der Waals surface area contributed by atoms with Crippen molar-refractivity contribution in [2.24, 2.45) is 7.05 Å². The minimum atomic E-state index is -0.507. The highest BCUT2D eigenvalue weighted by Crippen LogP contribution is 2.36. The fourth-order valence-corrected chi connectivity index (χ4v) is 5.56. The summed E-state index contributed by atoms with van der Waals surface area (Å²) in [6, 6.07) is 13.3. The number of aryl methyl sites for hydroxylation is 2. The lowest BCUT2D eigenvalue weighted by atomic mass is 10.0. The van der Waals surface area contributed by atoms with E-state index in [9.17, 15) is 9.59 Å². The summed E-state index contributed by atoms with van der Waals surface area (Å²) < 4.78 is 12.8. The number of hydrogen-bond acceptors (Lipinski definition) is 8. The number of ether oxygens (including phenoxy) is 2. The average Bonchev–Trinajstić information content (AvgIpc) is 3.48. The van der Waals surface area contributed by atoms with Crippen LogP contribution in [0.4, 0.5) is 5.00 Å². The Kier molecular flexibility index (Phi) is 8.76. The minimum Gasteiger partial charge on any atom is -0.483 e.